The maximum atomic E-state index is 10.0. The predicted octanol–water partition coefficient (Wildman–Crippen LogP) is 0.661. The third kappa shape index (κ3) is 4.00. The Bertz CT molecular complexity index is 385. The van der Waals surface area contributed by atoms with Crippen LogP contribution < -0.4 is 16.4 Å². The normalized spacial score (nSPS) is 31.4. The van der Waals surface area contributed by atoms with E-state index in [1.807, 2.05) is 0 Å². The van der Waals surface area contributed by atoms with E-state index in [1.165, 1.54) is 20.2 Å². The predicted molar refractivity (Wildman–Crippen MR) is 92.8 cm³/mol. The number of aliphatic hydroxyl groups excluding tert-OH is 1. The minimum atomic E-state index is -0.429. The summed E-state index contributed by atoms with van der Waals surface area (Å²) in [7, 11) is 0. The smallest absolute Gasteiger partial charge is 0.122 e. The summed E-state index contributed by atoms with van der Waals surface area (Å²) >= 11 is 0.0916. The Morgan fingerprint density at radius 1 is 1.60 bits per heavy atom. The van der Waals surface area contributed by atoms with Gasteiger partial charge < -0.3 is 15.7 Å². The van der Waals surface area contributed by atoms with Gasteiger partial charge >= 0.3 is 0 Å². The summed E-state index contributed by atoms with van der Waals surface area (Å²) in [6.45, 7) is 5.60. The van der Waals surface area contributed by atoms with Crippen molar-refractivity contribution in [3.05, 3.63) is 11.8 Å². The van der Waals surface area contributed by atoms with Crippen LogP contribution in [0.3, 0.4) is 0 Å². The van der Waals surface area contributed by atoms with Gasteiger partial charge in [-0.1, -0.05) is 13.3 Å². The molecule has 0 radical (unpaired) electrons. The number of halogens is 1. The Kier molecular flexibility index (Phi) is 6.41. The summed E-state index contributed by atoms with van der Waals surface area (Å²) in [4.78, 5) is 2.43. The lowest BCUT2D eigenvalue weighted by atomic mass is 9.98. The van der Waals surface area contributed by atoms with E-state index in [4.69, 9.17) is 5.73 Å². The molecule has 0 aliphatic carbocycles. The quantitative estimate of drug-likeness (QED) is 0.313. The van der Waals surface area contributed by atoms with Gasteiger partial charge in [0.2, 0.25) is 0 Å². The first-order chi connectivity index (χ1) is 9.65. The summed E-state index contributed by atoms with van der Waals surface area (Å²) < 4.78 is 2.60. The first-order valence-corrected chi connectivity index (χ1v) is 10.1. The first kappa shape index (κ1) is 16.4. The summed E-state index contributed by atoms with van der Waals surface area (Å²) in [5, 5.41) is 16.6. The van der Waals surface area contributed by atoms with Crippen LogP contribution in [0.2, 0.25) is 0 Å². The molecule has 116 valence electrons. The van der Waals surface area contributed by atoms with Crippen LogP contribution in [0.1, 0.15) is 33.1 Å². The largest absolute Gasteiger partial charge is 0.377 e. The van der Waals surface area contributed by atoms with E-state index >= 15 is 0 Å². The van der Waals surface area contributed by atoms with Crippen LogP contribution in [0, 0.1) is 0 Å². The minimum Gasteiger partial charge on any atom is -0.377 e. The average molecular weight is 394 g/mol. The van der Waals surface area contributed by atoms with E-state index < -0.39 is 6.23 Å². The molecular formula is C14H27IN4O. The number of β-amino-alcohol motifs (C(OH)–C–C–N with tert-alkyl or cyclic N) is 1. The molecule has 2 aliphatic heterocycles. The Morgan fingerprint density at radius 3 is 3.10 bits per heavy atom. The molecule has 0 bridgehead atoms. The van der Waals surface area contributed by atoms with E-state index in [0.717, 1.165) is 12.8 Å². The van der Waals surface area contributed by atoms with Crippen molar-refractivity contribution in [3.63, 3.8) is 0 Å². The van der Waals surface area contributed by atoms with Gasteiger partial charge in [0.05, 0.1) is 6.54 Å². The molecule has 20 heavy (non-hydrogen) atoms. The molecule has 2 heterocycles. The molecule has 2 rings (SSSR count). The molecule has 1 fully saturated rings. The summed E-state index contributed by atoms with van der Waals surface area (Å²) in [6.07, 6.45) is 5.33. The van der Waals surface area contributed by atoms with Crippen LogP contribution in [-0.4, -0.2) is 49.6 Å². The zero-order valence-corrected chi connectivity index (χ0v) is 14.6. The second-order valence-corrected chi connectivity index (χ2v) is 8.42. The van der Waals surface area contributed by atoms with Crippen LogP contribution >= 0.6 is 20.7 Å². The number of rotatable bonds is 5. The van der Waals surface area contributed by atoms with Crippen molar-refractivity contribution in [2.45, 2.75) is 51.4 Å². The van der Waals surface area contributed by atoms with Crippen LogP contribution in [0.4, 0.5) is 0 Å². The third-order valence-electron chi connectivity index (χ3n) is 3.91. The summed E-state index contributed by atoms with van der Waals surface area (Å²) in [6, 6.07) is 0.798. The number of allylic oxidation sites excluding steroid dienone is 1. The van der Waals surface area contributed by atoms with Gasteiger partial charge in [-0.3, -0.25) is 10.6 Å². The molecule has 2 aliphatic rings. The highest BCUT2D eigenvalue weighted by Gasteiger charge is 2.33. The number of hydrogen-bond acceptors (Lipinski definition) is 5. The second kappa shape index (κ2) is 7.84. The maximum absolute atomic E-state index is 10.0. The Labute approximate surface area is 131 Å². The van der Waals surface area contributed by atoms with E-state index in [2.05, 4.69) is 35.5 Å². The SMILES string of the molecule is CCCC1[C@H](C)NC(O)CN1C1=CC(NCN)=ICC1. The van der Waals surface area contributed by atoms with Crippen LogP contribution in [0.15, 0.2) is 11.8 Å². The van der Waals surface area contributed by atoms with Crippen molar-refractivity contribution in [2.24, 2.45) is 5.73 Å². The average Bonchev–Trinajstić information content (AvgIpc) is 2.42. The van der Waals surface area contributed by atoms with Gasteiger partial charge in [-0.25, -0.2) is 0 Å². The molecular weight excluding hydrogens is 367 g/mol. The highest BCUT2D eigenvalue weighted by molar-refractivity contribution is 14.2. The highest BCUT2D eigenvalue weighted by atomic mass is 127. The van der Waals surface area contributed by atoms with Gasteiger partial charge in [0, 0.05) is 32.5 Å². The molecule has 3 atom stereocenters. The van der Waals surface area contributed by atoms with Gasteiger partial charge in [-0.2, -0.15) is 0 Å². The van der Waals surface area contributed by atoms with E-state index in [9.17, 15) is 5.11 Å². The van der Waals surface area contributed by atoms with Crippen molar-refractivity contribution < 1.29 is 5.11 Å². The van der Waals surface area contributed by atoms with Crippen molar-refractivity contribution >= 4 is 24.4 Å². The second-order valence-electron chi connectivity index (χ2n) is 5.42. The van der Waals surface area contributed by atoms with Crippen molar-refractivity contribution in [1.82, 2.24) is 15.5 Å². The topological polar surface area (TPSA) is 73.5 Å². The molecule has 0 amide bonds. The molecule has 1 saturated heterocycles. The van der Waals surface area contributed by atoms with Crippen LogP contribution in [0.5, 0.6) is 0 Å². The van der Waals surface area contributed by atoms with Crippen LogP contribution in [-0.2, 0) is 0 Å². The van der Waals surface area contributed by atoms with E-state index in [0.29, 0.717) is 25.3 Å². The first-order valence-electron chi connectivity index (χ1n) is 7.47. The fourth-order valence-electron chi connectivity index (χ4n) is 3.02. The molecule has 5 N–H and O–H groups in total. The number of nitrogens with zero attached hydrogens (tertiary/aromatic N) is 1. The maximum Gasteiger partial charge on any atom is 0.122 e. The molecule has 5 nitrogen and oxygen atoms in total. The number of hydrogen-bond donors (Lipinski definition) is 4. The fraction of sp³-hybridized carbons (Fsp3) is 0.786. The highest BCUT2D eigenvalue weighted by Crippen LogP contribution is 2.27. The zero-order valence-electron chi connectivity index (χ0n) is 12.4. The number of piperazine rings is 1. The lowest BCUT2D eigenvalue weighted by Gasteiger charge is -2.46. The van der Waals surface area contributed by atoms with Crippen LogP contribution in [0.25, 0.3) is 0 Å². The molecule has 6 heteroatoms. The number of aliphatic hydroxyl groups is 1. The zero-order chi connectivity index (χ0) is 14.5. The van der Waals surface area contributed by atoms with Gasteiger partial charge in [0.15, 0.2) is 0 Å². The number of nitrogens with two attached hydrogens (primary N) is 1. The number of alkyl halides is 1. The Balaban J connectivity index is 2.16. The molecule has 0 aromatic rings. The van der Waals surface area contributed by atoms with Gasteiger partial charge in [0.1, 0.15) is 6.23 Å². The molecule has 0 aromatic carbocycles. The Hall–Kier alpha value is -0.0200. The Morgan fingerprint density at radius 2 is 2.40 bits per heavy atom. The summed E-state index contributed by atoms with van der Waals surface area (Å²) in [5.74, 6) is 0. The molecule has 0 saturated carbocycles. The third-order valence-corrected chi connectivity index (χ3v) is 6.50. The van der Waals surface area contributed by atoms with Crippen molar-refractivity contribution in [2.75, 3.05) is 17.6 Å². The van der Waals surface area contributed by atoms with E-state index in [1.54, 1.807) is 0 Å². The minimum absolute atomic E-state index is 0.0916. The lowest BCUT2D eigenvalue weighted by molar-refractivity contribution is 0.0134. The molecule has 0 spiro atoms. The lowest BCUT2D eigenvalue weighted by Crippen LogP contribution is -2.60. The monoisotopic (exact) mass is 394 g/mol. The van der Waals surface area contributed by atoms with Gasteiger partial charge in [-0.15, -0.1) is 20.7 Å². The van der Waals surface area contributed by atoms with Crippen molar-refractivity contribution in [1.29, 1.82) is 0 Å². The fourth-order valence-corrected chi connectivity index (χ4v) is 5.49. The summed E-state index contributed by atoms with van der Waals surface area (Å²) in [5.41, 5.74) is 6.97. The van der Waals surface area contributed by atoms with Crippen molar-refractivity contribution in [3.8, 4) is 0 Å². The molecule has 0 aromatic heterocycles. The standard InChI is InChI=1S/C14H27IN4O/c1-3-4-12-10(2)18-14(20)8-19(12)11-5-6-15-13(7-11)17-9-16/h7,10,12,14,17-18,20H,3-6,8-9,16H2,1-2H3/t10-,12?,14?/m0/s1. The van der Waals surface area contributed by atoms with E-state index in [-0.39, 0.29) is 20.7 Å². The molecule has 2 unspecified atom stereocenters. The number of nitrogens with one attached hydrogen (secondary N) is 2. The van der Waals surface area contributed by atoms with Gasteiger partial charge in [-0.05, 0) is 25.8 Å². The van der Waals surface area contributed by atoms with Gasteiger partial charge in [0.25, 0.3) is 0 Å².